The number of aromatic nitrogens is 2. The molecule has 1 N–H and O–H groups in total. The van der Waals surface area contributed by atoms with Crippen molar-refractivity contribution in [2.24, 2.45) is 0 Å². The first-order valence-corrected chi connectivity index (χ1v) is 4.26. The van der Waals surface area contributed by atoms with Crippen molar-refractivity contribution < 1.29 is 13.2 Å². The predicted molar refractivity (Wildman–Crippen MR) is 48.9 cm³/mol. The molecule has 0 saturated heterocycles. The summed E-state index contributed by atoms with van der Waals surface area (Å²) in [6.45, 7) is 0. The maximum Gasteiger partial charge on any atom is 0.266 e. The van der Waals surface area contributed by atoms with Crippen LogP contribution in [0.2, 0.25) is 0 Å². The van der Waals surface area contributed by atoms with Crippen LogP contribution in [0.1, 0.15) is 12.0 Å². The molecule has 0 fully saturated rings. The molecule has 0 spiro atoms. The zero-order valence-electron chi connectivity index (χ0n) is 7.55. The minimum Gasteiger partial charge on any atom is -0.278 e. The number of hydrogen-bond donors (Lipinski definition) is 1. The molecular formula is C10H7F3N2. The van der Waals surface area contributed by atoms with Crippen molar-refractivity contribution in [1.82, 2.24) is 10.2 Å². The molecule has 1 aromatic carbocycles. The molecule has 0 aliphatic rings. The monoisotopic (exact) mass is 212 g/mol. The van der Waals surface area contributed by atoms with E-state index in [2.05, 4.69) is 10.2 Å². The van der Waals surface area contributed by atoms with Crippen molar-refractivity contribution >= 4 is 0 Å². The van der Waals surface area contributed by atoms with Crippen molar-refractivity contribution in [2.45, 2.75) is 6.43 Å². The summed E-state index contributed by atoms with van der Waals surface area (Å²) in [5.41, 5.74) is 0.502. The lowest BCUT2D eigenvalue weighted by Gasteiger charge is -2.03. The molecule has 2 rings (SSSR count). The van der Waals surface area contributed by atoms with Crippen LogP contribution in [0.15, 0.2) is 30.5 Å². The fourth-order valence-corrected chi connectivity index (χ4v) is 1.29. The molecule has 0 atom stereocenters. The SMILES string of the molecule is Fc1cc(-c2ccn[nH]2)ccc1C(F)F. The molecule has 2 nitrogen and oxygen atoms in total. The van der Waals surface area contributed by atoms with E-state index in [4.69, 9.17) is 0 Å². The molecule has 0 aliphatic heterocycles. The average Bonchev–Trinajstić information content (AvgIpc) is 2.69. The summed E-state index contributed by atoms with van der Waals surface area (Å²) in [5.74, 6) is -0.905. The zero-order valence-corrected chi connectivity index (χ0v) is 7.55. The second kappa shape index (κ2) is 3.76. The summed E-state index contributed by atoms with van der Waals surface area (Å²) >= 11 is 0. The second-order valence-corrected chi connectivity index (χ2v) is 3.01. The second-order valence-electron chi connectivity index (χ2n) is 3.01. The number of nitrogens with zero attached hydrogens (tertiary/aromatic N) is 1. The minimum atomic E-state index is -2.79. The average molecular weight is 212 g/mol. The topological polar surface area (TPSA) is 28.7 Å². The Morgan fingerprint density at radius 3 is 2.53 bits per heavy atom. The number of hydrogen-bond acceptors (Lipinski definition) is 1. The summed E-state index contributed by atoms with van der Waals surface area (Å²) in [5, 5.41) is 6.32. The van der Waals surface area contributed by atoms with Crippen molar-refractivity contribution in [3.8, 4) is 11.3 Å². The number of alkyl halides is 2. The Kier molecular flexibility index (Phi) is 2.45. The quantitative estimate of drug-likeness (QED) is 0.813. The normalized spacial score (nSPS) is 10.9. The van der Waals surface area contributed by atoms with Gasteiger partial charge in [0.05, 0.1) is 11.3 Å². The van der Waals surface area contributed by atoms with Crippen molar-refractivity contribution in [1.29, 1.82) is 0 Å². The van der Waals surface area contributed by atoms with Gasteiger partial charge in [0, 0.05) is 11.8 Å². The molecule has 0 saturated carbocycles. The van der Waals surface area contributed by atoms with Crippen molar-refractivity contribution in [3.05, 3.63) is 41.8 Å². The van der Waals surface area contributed by atoms with Gasteiger partial charge in [-0.25, -0.2) is 13.2 Å². The highest BCUT2D eigenvalue weighted by molar-refractivity contribution is 5.59. The summed E-state index contributed by atoms with van der Waals surface area (Å²) in [7, 11) is 0. The Balaban J connectivity index is 2.42. The Bertz CT molecular complexity index is 452. The lowest BCUT2D eigenvalue weighted by atomic mass is 10.1. The molecule has 0 radical (unpaired) electrons. The van der Waals surface area contributed by atoms with Gasteiger partial charge in [-0.2, -0.15) is 5.10 Å². The van der Waals surface area contributed by atoms with E-state index in [9.17, 15) is 13.2 Å². The molecule has 0 amide bonds. The summed E-state index contributed by atoms with van der Waals surface area (Å²) in [4.78, 5) is 0. The number of rotatable bonds is 2. The van der Waals surface area contributed by atoms with Crippen molar-refractivity contribution in [3.63, 3.8) is 0 Å². The van der Waals surface area contributed by atoms with Crippen LogP contribution in [0, 0.1) is 5.82 Å². The third-order valence-corrected chi connectivity index (χ3v) is 2.05. The van der Waals surface area contributed by atoms with E-state index in [1.54, 1.807) is 6.07 Å². The van der Waals surface area contributed by atoms with E-state index < -0.39 is 17.8 Å². The van der Waals surface area contributed by atoms with E-state index in [0.717, 1.165) is 12.1 Å². The van der Waals surface area contributed by atoms with Gasteiger partial charge < -0.3 is 0 Å². The predicted octanol–water partition coefficient (Wildman–Crippen LogP) is 3.15. The molecule has 0 bridgehead atoms. The van der Waals surface area contributed by atoms with Crippen LogP contribution in [-0.2, 0) is 0 Å². The van der Waals surface area contributed by atoms with E-state index in [1.807, 2.05) is 0 Å². The lowest BCUT2D eigenvalue weighted by molar-refractivity contribution is 0.146. The minimum absolute atomic E-state index is 0.495. The highest BCUT2D eigenvalue weighted by Gasteiger charge is 2.13. The first kappa shape index (κ1) is 9.76. The molecule has 0 aliphatic carbocycles. The van der Waals surface area contributed by atoms with Gasteiger partial charge in [-0.05, 0) is 18.2 Å². The Morgan fingerprint density at radius 2 is 2.00 bits per heavy atom. The molecule has 78 valence electrons. The maximum atomic E-state index is 13.2. The first-order valence-electron chi connectivity index (χ1n) is 4.26. The summed E-state index contributed by atoms with van der Waals surface area (Å²) < 4.78 is 37.7. The van der Waals surface area contributed by atoms with Gasteiger partial charge in [-0.15, -0.1) is 0 Å². The van der Waals surface area contributed by atoms with Gasteiger partial charge in [0.15, 0.2) is 0 Å². The van der Waals surface area contributed by atoms with E-state index in [0.29, 0.717) is 11.3 Å². The Labute approximate surface area is 83.7 Å². The van der Waals surface area contributed by atoms with Crippen LogP contribution in [0.25, 0.3) is 11.3 Å². The number of benzene rings is 1. The largest absolute Gasteiger partial charge is 0.278 e. The Hall–Kier alpha value is -1.78. The molecule has 1 aromatic heterocycles. The fourth-order valence-electron chi connectivity index (χ4n) is 1.29. The van der Waals surface area contributed by atoms with Gasteiger partial charge in [0.2, 0.25) is 0 Å². The lowest BCUT2D eigenvalue weighted by Crippen LogP contribution is -1.91. The smallest absolute Gasteiger partial charge is 0.266 e. The standard InChI is InChI=1S/C10H7F3N2/c11-8-5-6(9-3-4-14-15-9)1-2-7(8)10(12)13/h1-5,10H,(H,14,15). The fraction of sp³-hybridized carbons (Fsp3) is 0.100. The Morgan fingerprint density at radius 1 is 1.20 bits per heavy atom. The van der Waals surface area contributed by atoms with E-state index >= 15 is 0 Å². The number of nitrogens with one attached hydrogen (secondary N) is 1. The molecule has 5 heteroatoms. The highest BCUT2D eigenvalue weighted by Crippen LogP contribution is 2.25. The van der Waals surface area contributed by atoms with E-state index in [1.165, 1.54) is 12.3 Å². The van der Waals surface area contributed by atoms with Crippen LogP contribution < -0.4 is 0 Å². The first-order chi connectivity index (χ1) is 7.18. The van der Waals surface area contributed by atoms with Crippen LogP contribution in [0.3, 0.4) is 0 Å². The maximum absolute atomic E-state index is 13.2. The third-order valence-electron chi connectivity index (χ3n) is 2.05. The molecule has 1 heterocycles. The third kappa shape index (κ3) is 1.86. The van der Waals surface area contributed by atoms with Gasteiger partial charge in [-0.1, -0.05) is 6.07 Å². The number of halogens is 3. The summed E-state index contributed by atoms with van der Waals surface area (Å²) in [6, 6.07) is 5.21. The number of aromatic amines is 1. The van der Waals surface area contributed by atoms with Crippen LogP contribution >= 0.6 is 0 Å². The van der Waals surface area contributed by atoms with Crippen LogP contribution in [0.4, 0.5) is 13.2 Å². The van der Waals surface area contributed by atoms with E-state index in [-0.39, 0.29) is 0 Å². The molecule has 2 aromatic rings. The van der Waals surface area contributed by atoms with Gasteiger partial charge in [0.25, 0.3) is 6.43 Å². The van der Waals surface area contributed by atoms with Gasteiger partial charge in [-0.3, -0.25) is 5.10 Å². The highest BCUT2D eigenvalue weighted by atomic mass is 19.3. The van der Waals surface area contributed by atoms with Gasteiger partial charge >= 0.3 is 0 Å². The van der Waals surface area contributed by atoms with Crippen LogP contribution in [0.5, 0.6) is 0 Å². The molecule has 15 heavy (non-hydrogen) atoms. The zero-order chi connectivity index (χ0) is 10.8. The number of H-pyrrole nitrogens is 1. The van der Waals surface area contributed by atoms with Crippen LogP contribution in [-0.4, -0.2) is 10.2 Å². The molecular weight excluding hydrogens is 205 g/mol. The summed E-state index contributed by atoms with van der Waals surface area (Å²) in [6.07, 6.45) is -1.28. The van der Waals surface area contributed by atoms with Gasteiger partial charge in [0.1, 0.15) is 5.82 Å². The van der Waals surface area contributed by atoms with Crippen molar-refractivity contribution in [2.75, 3.05) is 0 Å². The molecule has 0 unspecified atom stereocenters.